The number of hydrogen-bond donors (Lipinski definition) is 1. The largest absolute Gasteiger partial charge is 0.467 e. The van der Waals surface area contributed by atoms with Crippen LogP contribution < -0.4 is 10.2 Å². The third-order valence-corrected chi connectivity index (χ3v) is 6.14. The first-order valence-electron chi connectivity index (χ1n) is 10.8. The van der Waals surface area contributed by atoms with Gasteiger partial charge in [0.15, 0.2) is 5.65 Å². The maximum Gasteiger partial charge on any atom is 0.223 e. The first kappa shape index (κ1) is 20.6. The highest BCUT2D eigenvalue weighted by Gasteiger charge is 2.26. The van der Waals surface area contributed by atoms with Crippen molar-refractivity contribution in [2.75, 3.05) is 18.0 Å². The molecular weight excluding hydrogens is 426 g/mol. The van der Waals surface area contributed by atoms with Gasteiger partial charge in [-0.1, -0.05) is 23.7 Å². The molecule has 8 heteroatoms. The molecule has 1 saturated heterocycles. The minimum atomic E-state index is 0.00175. The van der Waals surface area contributed by atoms with Gasteiger partial charge in [-0.15, -0.1) is 0 Å². The fraction of sp³-hybridized carbons (Fsp3) is 0.292. The molecule has 1 fully saturated rings. The lowest BCUT2D eigenvalue weighted by atomic mass is 9.96. The molecule has 0 spiro atoms. The summed E-state index contributed by atoms with van der Waals surface area (Å²) in [7, 11) is 0. The topological polar surface area (TPSA) is 75.7 Å². The second kappa shape index (κ2) is 8.67. The monoisotopic (exact) mass is 449 g/mol. The lowest BCUT2D eigenvalue weighted by Gasteiger charge is -2.33. The van der Waals surface area contributed by atoms with Crippen LogP contribution in [0.25, 0.3) is 16.9 Å². The molecule has 1 aliphatic rings. The molecule has 1 aromatic carbocycles. The molecule has 5 rings (SSSR count). The van der Waals surface area contributed by atoms with Crippen LogP contribution in [0.15, 0.2) is 59.2 Å². The molecule has 164 valence electrons. The maximum atomic E-state index is 12.6. The van der Waals surface area contributed by atoms with E-state index >= 15 is 0 Å². The minimum Gasteiger partial charge on any atom is -0.467 e. The summed E-state index contributed by atoms with van der Waals surface area (Å²) in [6.07, 6.45) is 3.20. The summed E-state index contributed by atoms with van der Waals surface area (Å²) in [5.41, 5.74) is 3.60. The molecule has 1 aliphatic heterocycles. The van der Waals surface area contributed by atoms with Gasteiger partial charge in [0.05, 0.1) is 18.5 Å². The number of carbonyl (C=O) groups excluding carboxylic acids is 1. The molecule has 3 aromatic heterocycles. The Labute approximate surface area is 191 Å². The van der Waals surface area contributed by atoms with Crippen LogP contribution in [0.5, 0.6) is 0 Å². The molecule has 0 radical (unpaired) electrons. The average Bonchev–Trinajstić information content (AvgIpc) is 3.47. The van der Waals surface area contributed by atoms with Gasteiger partial charge in [-0.3, -0.25) is 4.79 Å². The predicted octanol–water partition coefficient (Wildman–Crippen LogP) is 4.48. The van der Waals surface area contributed by atoms with Crippen molar-refractivity contribution in [3.05, 3.63) is 71.3 Å². The summed E-state index contributed by atoms with van der Waals surface area (Å²) in [5.74, 6) is 1.85. The highest BCUT2D eigenvalue weighted by Crippen LogP contribution is 2.27. The molecule has 4 heterocycles. The van der Waals surface area contributed by atoms with E-state index in [0.29, 0.717) is 11.6 Å². The highest BCUT2D eigenvalue weighted by molar-refractivity contribution is 6.30. The molecular formula is C24H24ClN5O2. The van der Waals surface area contributed by atoms with Crippen molar-refractivity contribution in [1.82, 2.24) is 19.9 Å². The van der Waals surface area contributed by atoms with Gasteiger partial charge in [0, 0.05) is 47.4 Å². The van der Waals surface area contributed by atoms with Crippen LogP contribution in [0.1, 0.15) is 24.3 Å². The summed E-state index contributed by atoms with van der Waals surface area (Å²) in [6.45, 7) is 3.99. The number of furan rings is 1. The number of carbonyl (C=O) groups is 1. The molecule has 1 amide bonds. The van der Waals surface area contributed by atoms with E-state index in [1.807, 2.05) is 53.9 Å². The van der Waals surface area contributed by atoms with E-state index < -0.39 is 0 Å². The molecule has 4 aromatic rings. The quantitative estimate of drug-likeness (QED) is 0.486. The average molecular weight is 450 g/mol. The lowest BCUT2D eigenvalue weighted by molar-refractivity contribution is -0.125. The van der Waals surface area contributed by atoms with Crippen LogP contribution in [-0.2, 0) is 11.3 Å². The number of aromatic nitrogens is 3. The van der Waals surface area contributed by atoms with Crippen LogP contribution in [0.2, 0.25) is 5.02 Å². The van der Waals surface area contributed by atoms with Gasteiger partial charge in [0.1, 0.15) is 11.6 Å². The number of rotatable bonds is 5. The fourth-order valence-corrected chi connectivity index (χ4v) is 4.30. The summed E-state index contributed by atoms with van der Waals surface area (Å²) in [6, 6.07) is 15.4. The summed E-state index contributed by atoms with van der Waals surface area (Å²) in [4.78, 5) is 19.5. The Kier molecular flexibility index (Phi) is 5.57. The fourth-order valence-electron chi connectivity index (χ4n) is 4.17. The van der Waals surface area contributed by atoms with Crippen molar-refractivity contribution in [2.45, 2.75) is 26.3 Å². The van der Waals surface area contributed by atoms with Gasteiger partial charge >= 0.3 is 0 Å². The third kappa shape index (κ3) is 4.21. The second-order valence-corrected chi connectivity index (χ2v) is 8.56. The number of aryl methyl sites for hydroxylation is 1. The lowest BCUT2D eigenvalue weighted by Crippen LogP contribution is -2.41. The Morgan fingerprint density at radius 2 is 1.97 bits per heavy atom. The zero-order valence-corrected chi connectivity index (χ0v) is 18.5. The van der Waals surface area contributed by atoms with Crippen LogP contribution in [-0.4, -0.2) is 33.6 Å². The van der Waals surface area contributed by atoms with Gasteiger partial charge in [-0.05, 0) is 44.0 Å². The van der Waals surface area contributed by atoms with Gasteiger partial charge in [-0.2, -0.15) is 9.61 Å². The number of nitrogens with one attached hydrogen (secondary N) is 1. The Hall–Kier alpha value is -3.32. The molecule has 32 heavy (non-hydrogen) atoms. The SMILES string of the molecule is Cc1cc(N2CCC(C(=O)NCc3ccco3)CC2)n2nc(-c3ccc(Cl)cc3)cc2n1. The van der Waals surface area contributed by atoms with Crippen LogP contribution in [0.3, 0.4) is 0 Å². The van der Waals surface area contributed by atoms with E-state index in [1.54, 1.807) is 6.26 Å². The molecule has 0 bridgehead atoms. The zero-order valence-electron chi connectivity index (χ0n) is 17.8. The van der Waals surface area contributed by atoms with Crippen molar-refractivity contribution < 1.29 is 9.21 Å². The predicted molar refractivity (Wildman–Crippen MR) is 124 cm³/mol. The standard InChI is InChI=1S/C24H24ClN5O2/c1-16-13-23(30-22(27-16)14-21(28-30)17-4-6-19(25)7-5-17)29-10-8-18(9-11-29)24(31)26-15-20-3-2-12-32-20/h2-7,12-14,18H,8-11,15H2,1H3,(H,26,31). The maximum absolute atomic E-state index is 12.6. The molecule has 0 atom stereocenters. The Morgan fingerprint density at radius 3 is 2.69 bits per heavy atom. The first-order valence-corrected chi connectivity index (χ1v) is 11.1. The van der Waals surface area contributed by atoms with E-state index in [9.17, 15) is 4.79 Å². The van der Waals surface area contributed by atoms with Crippen LogP contribution in [0, 0.1) is 12.8 Å². The number of nitrogens with zero attached hydrogens (tertiary/aromatic N) is 4. The number of amides is 1. The van der Waals surface area contributed by atoms with Crippen molar-refractivity contribution in [2.24, 2.45) is 5.92 Å². The zero-order chi connectivity index (χ0) is 22.1. The van der Waals surface area contributed by atoms with E-state index in [4.69, 9.17) is 21.1 Å². The molecule has 0 unspecified atom stereocenters. The first-order chi connectivity index (χ1) is 15.6. The summed E-state index contributed by atoms with van der Waals surface area (Å²) < 4.78 is 7.19. The van der Waals surface area contributed by atoms with Crippen molar-refractivity contribution in [3.8, 4) is 11.3 Å². The van der Waals surface area contributed by atoms with E-state index in [-0.39, 0.29) is 11.8 Å². The minimum absolute atomic E-state index is 0.00175. The van der Waals surface area contributed by atoms with Crippen LogP contribution in [0.4, 0.5) is 5.82 Å². The summed E-state index contributed by atoms with van der Waals surface area (Å²) in [5, 5.41) is 8.50. The molecule has 7 nitrogen and oxygen atoms in total. The number of piperidine rings is 1. The number of anilines is 1. The smallest absolute Gasteiger partial charge is 0.223 e. The van der Waals surface area contributed by atoms with E-state index in [2.05, 4.69) is 21.3 Å². The van der Waals surface area contributed by atoms with E-state index in [1.165, 1.54) is 0 Å². The van der Waals surface area contributed by atoms with Crippen molar-refractivity contribution >= 4 is 29.0 Å². The Balaban J connectivity index is 1.31. The summed E-state index contributed by atoms with van der Waals surface area (Å²) >= 11 is 6.03. The number of benzene rings is 1. The normalized spacial score (nSPS) is 14.8. The van der Waals surface area contributed by atoms with E-state index in [0.717, 1.165) is 60.1 Å². The number of hydrogen-bond acceptors (Lipinski definition) is 5. The third-order valence-electron chi connectivity index (χ3n) is 5.88. The Bertz CT molecular complexity index is 1230. The van der Waals surface area contributed by atoms with Gasteiger partial charge < -0.3 is 14.6 Å². The van der Waals surface area contributed by atoms with Gasteiger partial charge in [0.25, 0.3) is 0 Å². The molecule has 1 N–H and O–H groups in total. The van der Waals surface area contributed by atoms with Gasteiger partial charge in [0.2, 0.25) is 5.91 Å². The van der Waals surface area contributed by atoms with Crippen molar-refractivity contribution in [1.29, 1.82) is 0 Å². The second-order valence-electron chi connectivity index (χ2n) is 8.12. The van der Waals surface area contributed by atoms with Gasteiger partial charge in [-0.25, -0.2) is 4.98 Å². The Morgan fingerprint density at radius 1 is 1.19 bits per heavy atom. The molecule has 0 aliphatic carbocycles. The molecule has 0 saturated carbocycles. The van der Waals surface area contributed by atoms with Crippen LogP contribution >= 0.6 is 11.6 Å². The number of halogens is 1. The van der Waals surface area contributed by atoms with Crippen molar-refractivity contribution in [3.63, 3.8) is 0 Å². The number of fused-ring (bicyclic) bond motifs is 1. The highest BCUT2D eigenvalue weighted by atomic mass is 35.5.